The van der Waals surface area contributed by atoms with Gasteiger partial charge in [-0.25, -0.2) is 4.98 Å². The van der Waals surface area contributed by atoms with Crippen LogP contribution >= 0.6 is 0 Å². The van der Waals surface area contributed by atoms with Gasteiger partial charge in [-0.05, 0) is 11.6 Å². The minimum absolute atomic E-state index is 0.139. The van der Waals surface area contributed by atoms with Gasteiger partial charge in [0, 0.05) is 12.1 Å². The van der Waals surface area contributed by atoms with E-state index in [1.54, 1.807) is 30.3 Å². The maximum Gasteiger partial charge on any atom is 0.278 e. The second-order valence-corrected chi connectivity index (χ2v) is 5.05. The minimum Gasteiger partial charge on any atom is -0.380 e. The van der Waals surface area contributed by atoms with Crippen LogP contribution in [0.1, 0.15) is 22.2 Å². The molecule has 0 amide bonds. The van der Waals surface area contributed by atoms with Gasteiger partial charge in [0.15, 0.2) is 5.69 Å². The zero-order valence-electron chi connectivity index (χ0n) is 12.2. The van der Waals surface area contributed by atoms with Gasteiger partial charge in [0.05, 0.1) is 16.0 Å². The number of aliphatic hydroxyl groups excluding tert-OH is 1. The molecule has 24 heavy (non-hydrogen) atoms. The van der Waals surface area contributed by atoms with Crippen molar-refractivity contribution in [3.05, 3.63) is 80.3 Å². The van der Waals surface area contributed by atoms with E-state index in [1.165, 1.54) is 12.1 Å². The highest BCUT2D eigenvalue weighted by atomic mass is 16.6. The number of aromatic nitrogens is 2. The Balaban J connectivity index is 2.05. The lowest BCUT2D eigenvalue weighted by molar-refractivity contribution is -0.384. The molecule has 8 heteroatoms. The van der Waals surface area contributed by atoms with Gasteiger partial charge in [-0.2, -0.15) is 0 Å². The van der Waals surface area contributed by atoms with Crippen molar-refractivity contribution in [2.24, 2.45) is 0 Å². The summed E-state index contributed by atoms with van der Waals surface area (Å²) in [4.78, 5) is 40.9. The number of nitro groups is 1. The van der Waals surface area contributed by atoms with Gasteiger partial charge in [-0.15, -0.1) is 0 Å². The summed E-state index contributed by atoms with van der Waals surface area (Å²) >= 11 is 0. The van der Waals surface area contributed by atoms with Gasteiger partial charge in [0.2, 0.25) is 5.78 Å². The van der Waals surface area contributed by atoms with Gasteiger partial charge in [-0.1, -0.05) is 30.3 Å². The molecule has 0 fully saturated rings. The largest absolute Gasteiger partial charge is 0.380 e. The fourth-order valence-electron chi connectivity index (χ4n) is 2.27. The molecule has 120 valence electrons. The molecule has 0 saturated heterocycles. The summed E-state index contributed by atoms with van der Waals surface area (Å²) in [6, 6.07) is 11.9. The molecule has 1 heterocycles. The fourth-order valence-corrected chi connectivity index (χ4v) is 2.27. The number of aromatic amines is 1. The number of nitrogens with zero attached hydrogens (tertiary/aromatic N) is 2. The van der Waals surface area contributed by atoms with Crippen molar-refractivity contribution in [2.75, 3.05) is 0 Å². The predicted octanol–water partition coefficient (Wildman–Crippen LogP) is 1.75. The third-order valence-corrected chi connectivity index (χ3v) is 3.48. The van der Waals surface area contributed by atoms with Crippen molar-refractivity contribution in [1.29, 1.82) is 0 Å². The smallest absolute Gasteiger partial charge is 0.278 e. The van der Waals surface area contributed by atoms with Crippen LogP contribution in [0.15, 0.2) is 53.3 Å². The van der Waals surface area contributed by atoms with Crippen LogP contribution in [0, 0.1) is 10.1 Å². The third kappa shape index (κ3) is 2.77. The van der Waals surface area contributed by atoms with Gasteiger partial charge in [-0.3, -0.25) is 19.7 Å². The molecule has 8 nitrogen and oxygen atoms in total. The number of aliphatic hydroxyl groups is 1. The monoisotopic (exact) mass is 325 g/mol. The molecule has 0 spiro atoms. The second kappa shape index (κ2) is 6.01. The van der Waals surface area contributed by atoms with E-state index < -0.39 is 28.1 Å². The molecule has 0 bridgehead atoms. The number of carbonyl (C=O) groups is 1. The minimum atomic E-state index is -1.52. The number of carbonyl (C=O) groups excluding carboxylic acids is 1. The average molecular weight is 325 g/mol. The average Bonchev–Trinajstić information content (AvgIpc) is 2.60. The summed E-state index contributed by atoms with van der Waals surface area (Å²) in [5.41, 5.74) is -0.782. The van der Waals surface area contributed by atoms with Crippen molar-refractivity contribution in [2.45, 2.75) is 6.10 Å². The van der Waals surface area contributed by atoms with Crippen LogP contribution in [0.4, 0.5) is 5.69 Å². The summed E-state index contributed by atoms with van der Waals surface area (Å²) in [5.74, 6) is -0.845. The summed E-state index contributed by atoms with van der Waals surface area (Å²) < 4.78 is 0. The molecule has 0 aliphatic carbocycles. The Morgan fingerprint density at radius 2 is 1.92 bits per heavy atom. The molecule has 0 radical (unpaired) electrons. The highest BCUT2D eigenvalue weighted by Gasteiger charge is 2.24. The molecule has 0 unspecified atom stereocenters. The first kappa shape index (κ1) is 15.5. The van der Waals surface area contributed by atoms with Crippen LogP contribution in [0.25, 0.3) is 11.0 Å². The van der Waals surface area contributed by atoms with E-state index in [-0.39, 0.29) is 16.7 Å². The third-order valence-electron chi connectivity index (χ3n) is 3.48. The van der Waals surface area contributed by atoms with E-state index in [4.69, 9.17) is 0 Å². The molecule has 1 atom stereocenters. The quantitative estimate of drug-likeness (QED) is 0.427. The van der Waals surface area contributed by atoms with E-state index in [1.807, 2.05) is 0 Å². The zero-order valence-corrected chi connectivity index (χ0v) is 12.2. The lowest BCUT2D eigenvalue weighted by atomic mass is 10.0. The summed E-state index contributed by atoms with van der Waals surface area (Å²) in [7, 11) is 0. The lowest BCUT2D eigenvalue weighted by Gasteiger charge is -2.09. The van der Waals surface area contributed by atoms with E-state index in [0.717, 1.165) is 6.07 Å². The summed E-state index contributed by atoms with van der Waals surface area (Å²) in [6.45, 7) is 0. The number of nitro benzene ring substituents is 1. The van der Waals surface area contributed by atoms with Crippen LogP contribution in [0.2, 0.25) is 0 Å². The normalized spacial score (nSPS) is 12.0. The number of hydrogen-bond acceptors (Lipinski definition) is 6. The summed E-state index contributed by atoms with van der Waals surface area (Å²) in [5, 5.41) is 20.9. The Kier molecular flexibility index (Phi) is 3.88. The number of ketones is 1. The molecule has 0 aliphatic heterocycles. The number of nitrogens with one attached hydrogen (secondary N) is 1. The van der Waals surface area contributed by atoms with Gasteiger partial charge >= 0.3 is 0 Å². The number of benzene rings is 2. The molecule has 1 aromatic heterocycles. The zero-order chi connectivity index (χ0) is 17.3. The van der Waals surface area contributed by atoms with Crippen molar-refractivity contribution < 1.29 is 14.8 Å². The molecule has 2 aromatic carbocycles. The Morgan fingerprint density at radius 1 is 1.21 bits per heavy atom. The first-order valence-corrected chi connectivity index (χ1v) is 6.93. The number of H-pyrrole nitrogens is 1. The SMILES string of the molecule is O=C(c1nc2ccc([N+](=O)[O-])cc2[nH]c1=O)[C@H](O)c1ccccc1. The maximum absolute atomic E-state index is 12.3. The fraction of sp³-hybridized carbons (Fsp3) is 0.0625. The lowest BCUT2D eigenvalue weighted by Crippen LogP contribution is -2.24. The van der Waals surface area contributed by atoms with E-state index in [0.29, 0.717) is 5.56 Å². The van der Waals surface area contributed by atoms with Crippen molar-refractivity contribution >= 4 is 22.5 Å². The molecule has 0 saturated carbocycles. The van der Waals surface area contributed by atoms with Crippen molar-refractivity contribution in [3.8, 4) is 0 Å². The molecule has 0 aliphatic rings. The van der Waals surface area contributed by atoms with Crippen LogP contribution in [-0.4, -0.2) is 25.8 Å². The number of hydrogen-bond donors (Lipinski definition) is 2. The molecular weight excluding hydrogens is 314 g/mol. The highest BCUT2D eigenvalue weighted by molar-refractivity contribution is 5.99. The van der Waals surface area contributed by atoms with Crippen LogP contribution < -0.4 is 5.56 Å². The van der Waals surface area contributed by atoms with Gasteiger partial charge in [0.1, 0.15) is 6.10 Å². The van der Waals surface area contributed by atoms with Crippen molar-refractivity contribution in [1.82, 2.24) is 9.97 Å². The van der Waals surface area contributed by atoms with E-state index in [2.05, 4.69) is 9.97 Å². The highest BCUT2D eigenvalue weighted by Crippen LogP contribution is 2.19. The molecule has 3 rings (SSSR count). The molecule has 2 N–H and O–H groups in total. The standard InChI is InChI=1S/C16H11N3O5/c20-14(9-4-2-1-3-5-9)15(21)13-16(22)18-12-8-10(19(23)24)6-7-11(12)17-13/h1-8,14,20H,(H,18,22)/t14-/m1/s1. The maximum atomic E-state index is 12.3. The molecule has 3 aromatic rings. The van der Waals surface area contributed by atoms with Crippen LogP contribution in [-0.2, 0) is 0 Å². The Labute approximate surface area is 134 Å². The van der Waals surface area contributed by atoms with E-state index >= 15 is 0 Å². The molecular formula is C16H11N3O5. The number of Topliss-reactive ketones (excluding diaryl/α,β-unsaturated/α-hetero) is 1. The number of rotatable bonds is 4. The first-order valence-electron chi connectivity index (χ1n) is 6.93. The van der Waals surface area contributed by atoms with Gasteiger partial charge in [0.25, 0.3) is 11.2 Å². The van der Waals surface area contributed by atoms with Crippen molar-refractivity contribution in [3.63, 3.8) is 0 Å². The van der Waals surface area contributed by atoms with Gasteiger partial charge < -0.3 is 10.1 Å². The van der Waals surface area contributed by atoms with Crippen LogP contribution in [0.3, 0.4) is 0 Å². The summed E-state index contributed by atoms with van der Waals surface area (Å²) in [6.07, 6.45) is -1.52. The topological polar surface area (TPSA) is 126 Å². The predicted molar refractivity (Wildman–Crippen MR) is 84.8 cm³/mol. The van der Waals surface area contributed by atoms with Crippen LogP contribution in [0.5, 0.6) is 0 Å². The Morgan fingerprint density at radius 3 is 2.58 bits per heavy atom. The number of non-ortho nitro benzene ring substituents is 1. The second-order valence-electron chi connectivity index (χ2n) is 5.05. The Hall–Kier alpha value is -3.39. The first-order chi connectivity index (χ1) is 11.5. The van der Waals surface area contributed by atoms with E-state index in [9.17, 15) is 24.8 Å². The Bertz CT molecular complexity index is 998. The number of fused-ring (bicyclic) bond motifs is 1.